The lowest BCUT2D eigenvalue weighted by molar-refractivity contribution is -0.130. The maximum Gasteiger partial charge on any atom is -0.00230 e. The van der Waals surface area contributed by atoms with Gasteiger partial charge in [0.15, 0.2) is 0 Å². The molecule has 4 bridgehead atoms. The maximum atomic E-state index is 6.05. The average Bonchev–Trinajstić information content (AvgIpc) is 2.27. The van der Waals surface area contributed by atoms with E-state index in [1.807, 2.05) is 0 Å². The van der Waals surface area contributed by atoms with Crippen LogP contribution in [0.2, 0.25) is 0 Å². The summed E-state index contributed by atoms with van der Waals surface area (Å²) in [6.45, 7) is 8.13. The summed E-state index contributed by atoms with van der Waals surface area (Å²) in [7, 11) is 0. The van der Waals surface area contributed by atoms with Crippen molar-refractivity contribution in [3.05, 3.63) is 0 Å². The zero-order valence-electron chi connectivity index (χ0n) is 11.8. The van der Waals surface area contributed by atoms with E-state index >= 15 is 0 Å². The molecule has 2 N–H and O–H groups in total. The fourth-order valence-corrected chi connectivity index (χ4v) is 6.04. The van der Waals surface area contributed by atoms with Gasteiger partial charge in [-0.2, -0.15) is 0 Å². The molecule has 0 aliphatic heterocycles. The van der Waals surface area contributed by atoms with Gasteiger partial charge < -0.3 is 5.73 Å². The van der Waals surface area contributed by atoms with Crippen molar-refractivity contribution in [2.75, 3.05) is 6.54 Å². The Hall–Kier alpha value is -0.0400. The molecule has 0 aromatic carbocycles. The lowest BCUT2D eigenvalue weighted by Crippen LogP contribution is -2.55. The summed E-state index contributed by atoms with van der Waals surface area (Å²) in [6, 6.07) is 0. The highest BCUT2D eigenvalue weighted by Crippen LogP contribution is 2.66. The third kappa shape index (κ3) is 1.69. The minimum atomic E-state index is 0.373. The van der Waals surface area contributed by atoms with E-state index in [0.717, 1.165) is 35.6 Å². The molecule has 0 saturated heterocycles. The zero-order valence-corrected chi connectivity index (χ0v) is 11.8. The quantitative estimate of drug-likeness (QED) is 0.790. The Labute approximate surface area is 107 Å². The van der Waals surface area contributed by atoms with Crippen LogP contribution >= 0.6 is 0 Å². The Balaban J connectivity index is 1.88. The highest BCUT2D eigenvalue weighted by Gasteiger charge is 2.57. The van der Waals surface area contributed by atoms with Crippen LogP contribution in [-0.2, 0) is 0 Å². The fourth-order valence-electron chi connectivity index (χ4n) is 6.04. The highest BCUT2D eigenvalue weighted by molar-refractivity contribution is 5.07. The van der Waals surface area contributed by atoms with Gasteiger partial charge in [-0.15, -0.1) is 0 Å². The molecule has 4 fully saturated rings. The van der Waals surface area contributed by atoms with Gasteiger partial charge in [0.05, 0.1) is 0 Å². The predicted octanol–water partition coefficient (Wildman–Crippen LogP) is 3.82. The van der Waals surface area contributed by atoms with Crippen LogP contribution in [0, 0.1) is 34.5 Å². The number of hydrogen-bond donors (Lipinski definition) is 1. The van der Waals surface area contributed by atoms with Gasteiger partial charge in [-0.25, -0.2) is 0 Å². The number of rotatable bonds is 3. The zero-order chi connectivity index (χ0) is 12.3. The fraction of sp³-hybridized carbons (Fsp3) is 1.00. The molecule has 0 radical (unpaired) electrons. The molecule has 0 heterocycles. The van der Waals surface area contributed by atoms with E-state index in [-0.39, 0.29) is 0 Å². The highest BCUT2D eigenvalue weighted by atomic mass is 14.7. The van der Waals surface area contributed by atoms with E-state index in [4.69, 9.17) is 5.73 Å². The summed E-state index contributed by atoms with van der Waals surface area (Å²) in [5.74, 6) is 3.99. The molecule has 0 aromatic heterocycles. The van der Waals surface area contributed by atoms with Gasteiger partial charge in [-0.1, -0.05) is 27.2 Å². The molecule has 0 amide bonds. The van der Waals surface area contributed by atoms with Gasteiger partial charge in [-0.3, -0.25) is 0 Å². The Kier molecular flexibility index (Phi) is 2.63. The summed E-state index contributed by atoms with van der Waals surface area (Å²) in [4.78, 5) is 0. The van der Waals surface area contributed by atoms with Crippen LogP contribution in [0.1, 0.15) is 59.3 Å². The monoisotopic (exact) mass is 235 g/mol. The average molecular weight is 235 g/mol. The molecule has 4 rings (SSSR count). The second-order valence-corrected chi connectivity index (χ2v) is 8.04. The standard InChI is InChI=1S/C16H29N/c1-4-16-7-11-5-12(8-16)14(13(6-11)9-16)15(2,3)10-17/h11-14H,4-10,17H2,1-3H3. The first-order valence-corrected chi connectivity index (χ1v) is 7.70. The molecule has 0 aromatic rings. The van der Waals surface area contributed by atoms with Gasteiger partial charge in [0.1, 0.15) is 0 Å². The van der Waals surface area contributed by atoms with Crippen molar-refractivity contribution in [3.63, 3.8) is 0 Å². The van der Waals surface area contributed by atoms with Crippen LogP contribution in [-0.4, -0.2) is 6.54 Å². The van der Waals surface area contributed by atoms with Gasteiger partial charge in [0.2, 0.25) is 0 Å². The van der Waals surface area contributed by atoms with Gasteiger partial charge in [-0.05, 0) is 73.2 Å². The molecule has 4 saturated carbocycles. The van der Waals surface area contributed by atoms with E-state index in [1.54, 1.807) is 6.42 Å². The van der Waals surface area contributed by atoms with E-state index in [0.29, 0.717) is 5.41 Å². The van der Waals surface area contributed by atoms with Gasteiger partial charge in [0.25, 0.3) is 0 Å². The molecule has 4 aliphatic carbocycles. The maximum absolute atomic E-state index is 6.05. The van der Waals surface area contributed by atoms with Crippen LogP contribution in [0.3, 0.4) is 0 Å². The third-order valence-corrected chi connectivity index (χ3v) is 6.58. The summed E-state index contributed by atoms with van der Waals surface area (Å²) >= 11 is 0. The molecular formula is C16H29N. The van der Waals surface area contributed by atoms with E-state index in [2.05, 4.69) is 20.8 Å². The number of hydrogen-bond acceptors (Lipinski definition) is 1. The van der Waals surface area contributed by atoms with Crippen molar-refractivity contribution in [2.24, 2.45) is 40.2 Å². The SMILES string of the molecule is CCC12CC3CC(C1)C(C(C)(C)CN)C(C3)C2. The van der Waals surface area contributed by atoms with Crippen LogP contribution in [0.15, 0.2) is 0 Å². The van der Waals surface area contributed by atoms with Crippen molar-refractivity contribution in [1.82, 2.24) is 0 Å². The van der Waals surface area contributed by atoms with E-state index in [9.17, 15) is 0 Å². The van der Waals surface area contributed by atoms with Crippen LogP contribution in [0.5, 0.6) is 0 Å². The molecule has 0 spiro atoms. The largest absolute Gasteiger partial charge is 0.330 e. The Morgan fingerprint density at radius 2 is 1.71 bits per heavy atom. The number of nitrogens with two attached hydrogens (primary N) is 1. The summed E-state index contributed by atoms with van der Waals surface area (Å²) < 4.78 is 0. The van der Waals surface area contributed by atoms with Crippen LogP contribution in [0.25, 0.3) is 0 Å². The second kappa shape index (κ2) is 3.73. The van der Waals surface area contributed by atoms with Gasteiger partial charge >= 0.3 is 0 Å². The Morgan fingerprint density at radius 1 is 1.12 bits per heavy atom. The Bertz CT molecular complexity index is 291. The van der Waals surface area contributed by atoms with E-state index in [1.165, 1.54) is 32.1 Å². The molecule has 2 unspecified atom stereocenters. The summed E-state index contributed by atoms with van der Waals surface area (Å²) in [5, 5.41) is 0. The lowest BCUT2D eigenvalue weighted by Gasteiger charge is -2.63. The minimum absolute atomic E-state index is 0.373. The smallest absolute Gasteiger partial charge is 0.00230 e. The molecule has 1 nitrogen and oxygen atoms in total. The normalized spacial score (nSPS) is 48.7. The topological polar surface area (TPSA) is 26.0 Å². The first-order valence-electron chi connectivity index (χ1n) is 7.70. The van der Waals surface area contributed by atoms with Crippen molar-refractivity contribution >= 4 is 0 Å². The van der Waals surface area contributed by atoms with Crippen LogP contribution in [0.4, 0.5) is 0 Å². The predicted molar refractivity (Wildman–Crippen MR) is 72.6 cm³/mol. The molecular weight excluding hydrogens is 206 g/mol. The third-order valence-electron chi connectivity index (χ3n) is 6.58. The van der Waals surface area contributed by atoms with E-state index < -0.39 is 0 Å². The minimum Gasteiger partial charge on any atom is -0.330 e. The molecule has 4 aliphatic rings. The first kappa shape index (κ1) is 12.0. The second-order valence-electron chi connectivity index (χ2n) is 8.04. The summed E-state index contributed by atoms with van der Waals surface area (Å²) in [6.07, 6.45) is 9.05. The van der Waals surface area contributed by atoms with Crippen molar-refractivity contribution in [3.8, 4) is 0 Å². The first-order chi connectivity index (χ1) is 8.00. The van der Waals surface area contributed by atoms with Crippen LogP contribution < -0.4 is 5.73 Å². The van der Waals surface area contributed by atoms with Crippen molar-refractivity contribution in [1.29, 1.82) is 0 Å². The Morgan fingerprint density at radius 3 is 2.18 bits per heavy atom. The molecule has 17 heavy (non-hydrogen) atoms. The lowest BCUT2D eigenvalue weighted by atomic mass is 9.42. The summed E-state index contributed by atoms with van der Waals surface area (Å²) in [5.41, 5.74) is 7.17. The molecule has 2 atom stereocenters. The molecule has 1 heteroatoms. The van der Waals surface area contributed by atoms with Gasteiger partial charge in [0, 0.05) is 0 Å². The van der Waals surface area contributed by atoms with Crippen molar-refractivity contribution in [2.45, 2.75) is 59.3 Å². The molecule has 98 valence electrons. The van der Waals surface area contributed by atoms with Crippen molar-refractivity contribution < 1.29 is 0 Å².